The first-order valence-corrected chi connectivity index (χ1v) is 9.09. The van der Waals surface area contributed by atoms with Crippen LogP contribution in [0, 0.1) is 5.92 Å². The first-order chi connectivity index (χ1) is 11.2. The van der Waals surface area contributed by atoms with Crippen molar-refractivity contribution in [3.63, 3.8) is 0 Å². The fraction of sp³-hybridized carbons (Fsp3) is 0.533. The van der Waals surface area contributed by atoms with Gasteiger partial charge in [-0.25, -0.2) is 13.2 Å². The Kier molecular flexibility index (Phi) is 5.55. The van der Waals surface area contributed by atoms with Crippen molar-refractivity contribution in [3.8, 4) is 0 Å². The van der Waals surface area contributed by atoms with Crippen LogP contribution in [0.1, 0.15) is 19.8 Å². The number of pyridine rings is 1. The summed E-state index contributed by atoms with van der Waals surface area (Å²) in [5.41, 5.74) is 0. The molecular weight excluding hydrogens is 334 g/mol. The first kappa shape index (κ1) is 18.3. The van der Waals surface area contributed by atoms with E-state index in [1.807, 2.05) is 0 Å². The quantitative estimate of drug-likeness (QED) is 0.820. The molecule has 1 aromatic rings. The summed E-state index contributed by atoms with van der Waals surface area (Å²) < 4.78 is 26.4. The molecule has 0 spiro atoms. The van der Waals surface area contributed by atoms with Gasteiger partial charge < -0.3 is 10.0 Å². The van der Waals surface area contributed by atoms with Crippen LogP contribution in [0.5, 0.6) is 0 Å². The molecule has 1 aliphatic heterocycles. The highest BCUT2D eigenvalue weighted by Gasteiger charge is 2.34. The number of hydrogen-bond acceptors (Lipinski definition) is 5. The molecule has 0 aliphatic carbocycles. The van der Waals surface area contributed by atoms with E-state index >= 15 is 0 Å². The minimum absolute atomic E-state index is 0.131. The average Bonchev–Trinajstić information content (AvgIpc) is 2.60. The number of likely N-dealkylation sites (N-methyl/N-ethyl adjacent to an activating group) is 1. The van der Waals surface area contributed by atoms with E-state index in [0.717, 1.165) is 0 Å². The molecule has 1 atom stereocenters. The number of aromatic nitrogens is 1. The molecule has 1 aliphatic rings. The highest BCUT2D eigenvalue weighted by Crippen LogP contribution is 2.25. The average molecular weight is 355 g/mol. The Morgan fingerprint density at radius 3 is 2.50 bits per heavy atom. The van der Waals surface area contributed by atoms with Gasteiger partial charge in [0, 0.05) is 38.4 Å². The maximum absolute atomic E-state index is 12.5. The molecule has 2 rings (SSSR count). The summed E-state index contributed by atoms with van der Waals surface area (Å²) in [5.74, 6) is -1.69. The molecule has 0 bridgehead atoms. The standard InChI is InChI=1S/C15H21N3O5S/c1-11(15(20)21)17(2)14(19)12-5-8-18(9-6-12)24(22,23)13-4-3-7-16-10-13/h3-4,7,10-12H,5-6,8-9H2,1-2H3,(H,20,21). The van der Waals surface area contributed by atoms with E-state index in [4.69, 9.17) is 5.11 Å². The summed E-state index contributed by atoms with van der Waals surface area (Å²) in [7, 11) is -2.15. The lowest BCUT2D eigenvalue weighted by molar-refractivity contribution is -0.150. The zero-order chi connectivity index (χ0) is 17.9. The highest BCUT2D eigenvalue weighted by atomic mass is 32.2. The van der Waals surface area contributed by atoms with Crippen LogP contribution in [0.4, 0.5) is 0 Å². The number of nitrogens with zero attached hydrogens (tertiary/aromatic N) is 3. The maximum Gasteiger partial charge on any atom is 0.326 e. The van der Waals surface area contributed by atoms with Gasteiger partial charge in [-0.3, -0.25) is 9.78 Å². The molecule has 1 unspecified atom stereocenters. The molecule has 0 aromatic carbocycles. The lowest BCUT2D eigenvalue weighted by Crippen LogP contribution is -2.47. The Hall–Kier alpha value is -2.00. The minimum atomic E-state index is -3.61. The zero-order valence-corrected chi connectivity index (χ0v) is 14.4. The SMILES string of the molecule is CC(C(=O)O)N(C)C(=O)C1CCN(S(=O)(=O)c2cccnc2)CC1. The number of rotatable bonds is 5. The highest BCUT2D eigenvalue weighted by molar-refractivity contribution is 7.89. The fourth-order valence-electron chi connectivity index (χ4n) is 2.64. The Bertz CT molecular complexity index is 699. The van der Waals surface area contributed by atoms with Crippen molar-refractivity contribution in [2.24, 2.45) is 5.92 Å². The Morgan fingerprint density at radius 1 is 1.38 bits per heavy atom. The Balaban J connectivity index is 2.01. The van der Waals surface area contributed by atoms with Crippen LogP contribution < -0.4 is 0 Å². The van der Waals surface area contributed by atoms with E-state index in [2.05, 4.69) is 4.98 Å². The van der Waals surface area contributed by atoms with Gasteiger partial charge in [-0.05, 0) is 31.9 Å². The minimum Gasteiger partial charge on any atom is -0.480 e. The van der Waals surface area contributed by atoms with Gasteiger partial charge in [0.2, 0.25) is 15.9 Å². The Morgan fingerprint density at radius 2 is 2.00 bits per heavy atom. The van der Waals surface area contributed by atoms with Crippen LogP contribution in [0.2, 0.25) is 0 Å². The third-order valence-electron chi connectivity index (χ3n) is 4.36. The van der Waals surface area contributed by atoms with Crippen LogP contribution in [-0.4, -0.2) is 65.8 Å². The third-order valence-corrected chi connectivity index (χ3v) is 6.24. The predicted octanol–water partition coefficient (Wildman–Crippen LogP) is 0.414. The van der Waals surface area contributed by atoms with E-state index < -0.39 is 22.0 Å². The van der Waals surface area contributed by atoms with Crippen molar-refractivity contribution < 1.29 is 23.1 Å². The monoisotopic (exact) mass is 355 g/mol. The fourth-order valence-corrected chi connectivity index (χ4v) is 4.07. The second-order valence-corrected chi connectivity index (χ2v) is 7.77. The lowest BCUT2D eigenvalue weighted by atomic mass is 9.96. The second-order valence-electron chi connectivity index (χ2n) is 5.83. The normalized spacial score (nSPS) is 18.1. The van der Waals surface area contributed by atoms with E-state index in [-0.39, 0.29) is 29.8 Å². The second kappa shape index (κ2) is 7.27. The van der Waals surface area contributed by atoms with Crippen LogP contribution in [0.3, 0.4) is 0 Å². The molecule has 1 aromatic heterocycles. The summed E-state index contributed by atoms with van der Waals surface area (Å²) in [4.78, 5) is 28.5. The summed E-state index contributed by atoms with van der Waals surface area (Å²) in [6.07, 6.45) is 3.54. The number of piperidine rings is 1. The molecule has 0 saturated carbocycles. The molecule has 132 valence electrons. The molecule has 24 heavy (non-hydrogen) atoms. The van der Waals surface area contributed by atoms with Crippen LogP contribution in [0.15, 0.2) is 29.4 Å². The van der Waals surface area contributed by atoms with E-state index in [1.54, 1.807) is 6.07 Å². The molecular formula is C15H21N3O5S. The van der Waals surface area contributed by atoms with Gasteiger partial charge in [0.15, 0.2) is 0 Å². The van der Waals surface area contributed by atoms with Gasteiger partial charge in [0.1, 0.15) is 10.9 Å². The number of carbonyl (C=O) groups is 2. The van der Waals surface area contributed by atoms with Crippen molar-refractivity contribution in [3.05, 3.63) is 24.5 Å². The number of sulfonamides is 1. The molecule has 8 nitrogen and oxygen atoms in total. The van der Waals surface area contributed by atoms with Crippen LogP contribution in [0.25, 0.3) is 0 Å². The van der Waals surface area contributed by atoms with Crippen molar-refractivity contribution in [1.29, 1.82) is 0 Å². The molecule has 1 fully saturated rings. The van der Waals surface area contributed by atoms with Crippen LogP contribution in [-0.2, 0) is 19.6 Å². The van der Waals surface area contributed by atoms with Crippen molar-refractivity contribution in [2.45, 2.75) is 30.7 Å². The first-order valence-electron chi connectivity index (χ1n) is 7.64. The van der Waals surface area contributed by atoms with E-state index in [9.17, 15) is 18.0 Å². The van der Waals surface area contributed by atoms with Gasteiger partial charge in [0.25, 0.3) is 0 Å². The van der Waals surface area contributed by atoms with Gasteiger partial charge in [0.05, 0.1) is 0 Å². The molecule has 1 N–H and O–H groups in total. The van der Waals surface area contributed by atoms with Crippen molar-refractivity contribution in [2.75, 3.05) is 20.1 Å². The zero-order valence-electron chi connectivity index (χ0n) is 13.6. The van der Waals surface area contributed by atoms with Gasteiger partial charge in [-0.1, -0.05) is 0 Å². The smallest absolute Gasteiger partial charge is 0.326 e. The van der Waals surface area contributed by atoms with E-state index in [1.165, 1.54) is 41.6 Å². The summed E-state index contributed by atoms with van der Waals surface area (Å²) in [6.45, 7) is 1.90. The third kappa shape index (κ3) is 3.73. The van der Waals surface area contributed by atoms with Crippen molar-refractivity contribution >= 4 is 21.9 Å². The molecule has 2 heterocycles. The summed E-state index contributed by atoms with van der Waals surface area (Å²) in [6, 6.07) is 2.14. The van der Waals surface area contributed by atoms with Gasteiger partial charge >= 0.3 is 5.97 Å². The van der Waals surface area contributed by atoms with Crippen molar-refractivity contribution in [1.82, 2.24) is 14.2 Å². The van der Waals surface area contributed by atoms with Crippen LogP contribution >= 0.6 is 0 Å². The summed E-state index contributed by atoms with van der Waals surface area (Å²) >= 11 is 0. The number of carboxylic acids is 1. The number of carbonyl (C=O) groups excluding carboxylic acids is 1. The molecule has 1 saturated heterocycles. The van der Waals surface area contributed by atoms with Gasteiger partial charge in [-0.15, -0.1) is 0 Å². The Labute approximate surface area is 141 Å². The molecule has 1 amide bonds. The number of amides is 1. The molecule has 9 heteroatoms. The maximum atomic E-state index is 12.5. The largest absolute Gasteiger partial charge is 0.480 e. The number of hydrogen-bond donors (Lipinski definition) is 1. The number of aliphatic carboxylic acids is 1. The van der Waals surface area contributed by atoms with Gasteiger partial charge in [-0.2, -0.15) is 4.31 Å². The molecule has 0 radical (unpaired) electrons. The van der Waals surface area contributed by atoms with E-state index in [0.29, 0.717) is 12.8 Å². The summed E-state index contributed by atoms with van der Waals surface area (Å²) in [5, 5.41) is 8.99. The number of carboxylic acid groups (broad SMARTS) is 1. The predicted molar refractivity (Wildman–Crippen MR) is 85.6 cm³/mol. The lowest BCUT2D eigenvalue weighted by Gasteiger charge is -2.33. The topological polar surface area (TPSA) is 108 Å².